The van der Waals surface area contributed by atoms with Gasteiger partial charge in [0, 0.05) is 17.8 Å². The van der Waals surface area contributed by atoms with Crippen LogP contribution in [0.3, 0.4) is 0 Å². The summed E-state index contributed by atoms with van der Waals surface area (Å²) in [5.74, 6) is -0.869. The van der Waals surface area contributed by atoms with Crippen molar-refractivity contribution in [2.75, 3.05) is 0 Å². The first-order valence-corrected chi connectivity index (χ1v) is 9.61. The third kappa shape index (κ3) is 2.97. The Morgan fingerprint density at radius 1 is 1.19 bits per heavy atom. The maximum absolute atomic E-state index is 13.2. The second-order valence-electron chi connectivity index (χ2n) is 5.73. The number of sulfone groups is 1. The second-order valence-corrected chi connectivity index (χ2v) is 8.13. The minimum atomic E-state index is -3.63. The lowest BCUT2D eigenvalue weighted by molar-refractivity contribution is 0.595. The minimum absolute atomic E-state index is 0.108. The number of aromatic amines is 2. The Kier molecular flexibility index (Phi) is 4.01. The van der Waals surface area contributed by atoms with Crippen molar-refractivity contribution in [3.63, 3.8) is 0 Å². The fourth-order valence-corrected chi connectivity index (χ4v) is 4.21. The molecule has 0 aliphatic rings. The van der Waals surface area contributed by atoms with Crippen molar-refractivity contribution in [2.24, 2.45) is 0 Å². The maximum Gasteiger partial charge on any atom is 0.184 e. The van der Waals surface area contributed by atoms with E-state index in [4.69, 9.17) is 11.6 Å². The van der Waals surface area contributed by atoms with Crippen LogP contribution in [0.15, 0.2) is 53.7 Å². The van der Waals surface area contributed by atoms with Crippen LogP contribution in [0, 0.1) is 5.82 Å². The predicted octanol–water partition coefficient (Wildman–Crippen LogP) is 3.72. The highest BCUT2D eigenvalue weighted by Gasteiger charge is 2.19. The van der Waals surface area contributed by atoms with E-state index in [9.17, 15) is 12.8 Å². The Hall–Kier alpha value is -2.71. The molecule has 0 amide bonds. The van der Waals surface area contributed by atoms with Gasteiger partial charge in [0.2, 0.25) is 0 Å². The van der Waals surface area contributed by atoms with Crippen LogP contribution in [0.1, 0.15) is 5.56 Å². The van der Waals surface area contributed by atoms with Gasteiger partial charge >= 0.3 is 0 Å². The average Bonchev–Trinajstić information content (AvgIpc) is 3.25. The van der Waals surface area contributed by atoms with E-state index in [1.807, 2.05) is 6.07 Å². The Labute approximate surface area is 153 Å². The lowest BCUT2D eigenvalue weighted by Gasteiger charge is -2.03. The maximum atomic E-state index is 13.2. The number of H-pyrrole nitrogens is 2. The summed E-state index contributed by atoms with van der Waals surface area (Å²) in [5.41, 5.74) is 2.19. The fourth-order valence-electron chi connectivity index (χ4n) is 2.69. The topological polar surface area (TPSA) is 91.5 Å². The van der Waals surface area contributed by atoms with E-state index in [0.717, 1.165) is 11.5 Å². The highest BCUT2D eigenvalue weighted by Crippen LogP contribution is 2.27. The summed E-state index contributed by atoms with van der Waals surface area (Å²) in [5, 5.41) is 7.63. The van der Waals surface area contributed by atoms with Crippen LogP contribution in [0.25, 0.3) is 22.4 Å². The smallest absolute Gasteiger partial charge is 0.184 e. The summed E-state index contributed by atoms with van der Waals surface area (Å²) in [7, 11) is -3.63. The zero-order valence-corrected chi connectivity index (χ0v) is 14.8. The van der Waals surface area contributed by atoms with Gasteiger partial charge in [0.15, 0.2) is 15.5 Å². The van der Waals surface area contributed by atoms with E-state index < -0.39 is 15.7 Å². The number of hydrogen-bond donors (Lipinski definition) is 2. The lowest BCUT2D eigenvalue weighted by atomic mass is 10.2. The molecule has 26 heavy (non-hydrogen) atoms. The van der Waals surface area contributed by atoms with Crippen molar-refractivity contribution < 1.29 is 12.8 Å². The van der Waals surface area contributed by atoms with Crippen molar-refractivity contribution >= 4 is 32.5 Å². The molecule has 4 rings (SSSR count). The number of nitrogens with zero attached hydrogens (tertiary/aromatic N) is 2. The molecule has 0 unspecified atom stereocenters. The van der Waals surface area contributed by atoms with Crippen LogP contribution in [0.2, 0.25) is 5.02 Å². The molecule has 0 spiro atoms. The van der Waals surface area contributed by atoms with Crippen LogP contribution in [0.5, 0.6) is 0 Å². The Morgan fingerprint density at radius 3 is 2.85 bits per heavy atom. The molecular formula is C17H12ClFN4O2S. The van der Waals surface area contributed by atoms with Crippen LogP contribution in [0.4, 0.5) is 4.39 Å². The number of fused-ring (bicyclic) bond motifs is 1. The van der Waals surface area contributed by atoms with Crippen molar-refractivity contribution in [2.45, 2.75) is 10.6 Å². The Bertz CT molecular complexity index is 1220. The van der Waals surface area contributed by atoms with Gasteiger partial charge in [-0.25, -0.2) is 17.8 Å². The molecule has 3 aromatic heterocycles. The highest BCUT2D eigenvalue weighted by atomic mass is 35.5. The molecule has 0 atom stereocenters. The highest BCUT2D eigenvalue weighted by molar-refractivity contribution is 7.90. The van der Waals surface area contributed by atoms with Crippen molar-refractivity contribution in [1.29, 1.82) is 0 Å². The van der Waals surface area contributed by atoms with Crippen LogP contribution in [-0.2, 0) is 15.6 Å². The van der Waals surface area contributed by atoms with Crippen molar-refractivity contribution in [3.8, 4) is 11.4 Å². The third-order valence-electron chi connectivity index (χ3n) is 3.96. The number of benzene rings is 1. The van der Waals surface area contributed by atoms with E-state index in [1.54, 1.807) is 12.3 Å². The quantitative estimate of drug-likeness (QED) is 0.555. The molecule has 3 heterocycles. The summed E-state index contributed by atoms with van der Waals surface area (Å²) < 4.78 is 38.5. The minimum Gasteiger partial charge on any atom is -0.359 e. The van der Waals surface area contributed by atoms with Gasteiger partial charge in [0.25, 0.3) is 0 Å². The predicted molar refractivity (Wildman–Crippen MR) is 96.0 cm³/mol. The first kappa shape index (κ1) is 16.7. The molecule has 6 nitrogen and oxygen atoms in total. The monoisotopic (exact) mass is 390 g/mol. The van der Waals surface area contributed by atoms with Gasteiger partial charge in [-0.3, -0.25) is 5.10 Å². The first-order valence-electron chi connectivity index (χ1n) is 7.58. The molecule has 9 heteroatoms. The van der Waals surface area contributed by atoms with Gasteiger partial charge < -0.3 is 4.98 Å². The van der Waals surface area contributed by atoms with Crippen molar-refractivity contribution in [1.82, 2.24) is 20.2 Å². The molecule has 2 N–H and O–H groups in total. The SMILES string of the molecule is O=S(=O)(Cc1ccc(F)c(Cl)c1)c1c[nH]c(-c2[nH]nc3ncccc23)c1. The largest absolute Gasteiger partial charge is 0.359 e. The Balaban J connectivity index is 1.67. The molecule has 0 radical (unpaired) electrons. The number of aromatic nitrogens is 4. The molecule has 0 saturated heterocycles. The summed E-state index contributed by atoms with van der Waals surface area (Å²) in [6.45, 7) is 0. The van der Waals surface area contributed by atoms with Gasteiger partial charge in [0.1, 0.15) is 5.82 Å². The number of pyridine rings is 1. The van der Waals surface area contributed by atoms with Gasteiger partial charge in [-0.1, -0.05) is 17.7 Å². The van der Waals surface area contributed by atoms with Gasteiger partial charge in [-0.15, -0.1) is 0 Å². The van der Waals surface area contributed by atoms with Crippen LogP contribution >= 0.6 is 11.6 Å². The summed E-state index contributed by atoms with van der Waals surface area (Å²) in [4.78, 5) is 7.21. The zero-order chi connectivity index (χ0) is 18.3. The van der Waals surface area contributed by atoms with E-state index >= 15 is 0 Å². The van der Waals surface area contributed by atoms with E-state index in [0.29, 0.717) is 22.6 Å². The summed E-state index contributed by atoms with van der Waals surface area (Å²) >= 11 is 5.72. The molecule has 0 fully saturated rings. The number of nitrogens with one attached hydrogen (secondary N) is 2. The van der Waals surface area contributed by atoms with Crippen LogP contribution in [-0.4, -0.2) is 28.6 Å². The number of rotatable bonds is 4. The van der Waals surface area contributed by atoms with Crippen LogP contribution < -0.4 is 0 Å². The van der Waals surface area contributed by atoms with E-state index in [2.05, 4.69) is 20.2 Å². The normalized spacial score (nSPS) is 11.9. The van der Waals surface area contributed by atoms with Gasteiger partial charge in [0.05, 0.1) is 27.1 Å². The fraction of sp³-hybridized carbons (Fsp3) is 0.0588. The van der Waals surface area contributed by atoms with E-state index in [-0.39, 0.29) is 15.7 Å². The zero-order valence-electron chi connectivity index (χ0n) is 13.2. The Morgan fingerprint density at radius 2 is 2.04 bits per heavy atom. The molecule has 1 aromatic carbocycles. The summed E-state index contributed by atoms with van der Waals surface area (Å²) in [6.07, 6.45) is 3.05. The molecular weight excluding hydrogens is 379 g/mol. The molecule has 0 bridgehead atoms. The first-order chi connectivity index (χ1) is 12.4. The molecule has 4 aromatic rings. The van der Waals surface area contributed by atoms with Gasteiger partial charge in [-0.05, 0) is 35.9 Å². The second kappa shape index (κ2) is 6.22. The third-order valence-corrected chi connectivity index (χ3v) is 5.91. The molecule has 0 saturated carbocycles. The van der Waals surface area contributed by atoms with E-state index in [1.165, 1.54) is 24.4 Å². The number of halogens is 2. The average molecular weight is 391 g/mol. The lowest BCUT2D eigenvalue weighted by Crippen LogP contribution is -2.04. The molecule has 132 valence electrons. The molecule has 0 aliphatic carbocycles. The summed E-state index contributed by atoms with van der Waals surface area (Å²) in [6, 6.07) is 9.02. The number of hydrogen-bond acceptors (Lipinski definition) is 4. The van der Waals surface area contributed by atoms with Crippen molar-refractivity contribution in [3.05, 3.63) is 65.2 Å². The molecule has 0 aliphatic heterocycles. The van der Waals surface area contributed by atoms with Gasteiger partial charge in [-0.2, -0.15) is 5.10 Å². The standard InChI is InChI=1S/C17H12ClFN4O2S/c18-13-6-10(3-4-14(13)19)9-26(24,25)11-7-15(21-8-11)16-12-2-1-5-20-17(12)23-22-16/h1-8,21H,9H2,(H,20,22,23).